The van der Waals surface area contributed by atoms with Crippen LogP contribution in [-0.4, -0.2) is 17.7 Å². The van der Waals surface area contributed by atoms with Crippen molar-refractivity contribution in [1.82, 2.24) is 0 Å². The van der Waals surface area contributed by atoms with Gasteiger partial charge in [-0.05, 0) is 48.4 Å². The van der Waals surface area contributed by atoms with Crippen LogP contribution in [0, 0.1) is 6.92 Å². The number of anilines is 1. The molecule has 0 aliphatic rings. The lowest BCUT2D eigenvalue weighted by Crippen LogP contribution is -2.03. The van der Waals surface area contributed by atoms with E-state index in [4.69, 9.17) is 9.84 Å². The topological polar surface area (TPSA) is 58.6 Å². The van der Waals surface area contributed by atoms with Gasteiger partial charge in [0.2, 0.25) is 0 Å². The number of aryl methyl sites for hydroxylation is 1. The highest BCUT2D eigenvalue weighted by atomic mass is 16.5. The molecule has 2 aromatic rings. The van der Waals surface area contributed by atoms with Gasteiger partial charge in [-0.1, -0.05) is 24.8 Å². The van der Waals surface area contributed by atoms with Crippen LogP contribution >= 0.6 is 0 Å². The molecular formula is C18H19NO3. The number of carbonyl (C=O) groups is 1. The zero-order valence-corrected chi connectivity index (χ0v) is 12.5. The van der Waals surface area contributed by atoms with Gasteiger partial charge in [0.05, 0.1) is 5.56 Å². The molecule has 2 rings (SSSR count). The predicted octanol–water partition coefficient (Wildman–Crippen LogP) is 3.87. The summed E-state index contributed by atoms with van der Waals surface area (Å²) in [5.41, 5.74) is 3.25. The molecule has 0 saturated carbocycles. The predicted molar refractivity (Wildman–Crippen MR) is 87.6 cm³/mol. The highest BCUT2D eigenvalue weighted by Crippen LogP contribution is 2.18. The standard InChI is InChI=1S/C18H19NO3/c1-3-10-22-16-7-4-14(5-8-16)12-19-17-9-6-15(18(20)21)11-13(17)2/h3-9,11,19H,1,10,12H2,2H3,(H,20,21). The number of hydrogen-bond donors (Lipinski definition) is 2. The van der Waals surface area contributed by atoms with Crippen LogP contribution in [0.5, 0.6) is 5.75 Å². The summed E-state index contributed by atoms with van der Waals surface area (Å²) in [6, 6.07) is 12.9. The van der Waals surface area contributed by atoms with Gasteiger partial charge in [0.1, 0.15) is 12.4 Å². The molecular weight excluding hydrogens is 278 g/mol. The van der Waals surface area contributed by atoms with Gasteiger partial charge in [0.15, 0.2) is 0 Å². The average Bonchev–Trinajstić information content (AvgIpc) is 2.52. The number of benzene rings is 2. The minimum Gasteiger partial charge on any atom is -0.490 e. The van der Waals surface area contributed by atoms with E-state index >= 15 is 0 Å². The molecule has 2 aromatic carbocycles. The number of carboxylic acids is 1. The Balaban J connectivity index is 1.97. The van der Waals surface area contributed by atoms with E-state index in [9.17, 15) is 4.79 Å². The van der Waals surface area contributed by atoms with Crippen LogP contribution in [0.2, 0.25) is 0 Å². The summed E-state index contributed by atoms with van der Waals surface area (Å²) in [6.07, 6.45) is 1.71. The van der Waals surface area contributed by atoms with E-state index in [0.717, 1.165) is 22.6 Å². The summed E-state index contributed by atoms with van der Waals surface area (Å²) in [6.45, 7) is 6.65. The zero-order chi connectivity index (χ0) is 15.9. The molecule has 0 bridgehead atoms. The fourth-order valence-corrected chi connectivity index (χ4v) is 2.05. The maximum absolute atomic E-state index is 10.9. The van der Waals surface area contributed by atoms with E-state index in [1.54, 1.807) is 24.3 Å². The lowest BCUT2D eigenvalue weighted by atomic mass is 10.1. The number of ether oxygens (including phenoxy) is 1. The molecule has 0 aromatic heterocycles. The number of carboxylic acid groups (broad SMARTS) is 1. The van der Waals surface area contributed by atoms with Crippen LogP contribution < -0.4 is 10.1 Å². The molecule has 0 radical (unpaired) electrons. The number of hydrogen-bond acceptors (Lipinski definition) is 3. The number of nitrogens with one attached hydrogen (secondary N) is 1. The first-order chi connectivity index (χ1) is 10.6. The SMILES string of the molecule is C=CCOc1ccc(CNc2ccc(C(=O)O)cc2C)cc1. The summed E-state index contributed by atoms with van der Waals surface area (Å²) in [5.74, 6) is -0.101. The van der Waals surface area contributed by atoms with Crippen LogP contribution in [0.25, 0.3) is 0 Å². The van der Waals surface area contributed by atoms with E-state index in [1.807, 2.05) is 31.2 Å². The molecule has 22 heavy (non-hydrogen) atoms. The van der Waals surface area contributed by atoms with Crippen LogP contribution in [0.1, 0.15) is 21.5 Å². The third kappa shape index (κ3) is 4.12. The quantitative estimate of drug-likeness (QED) is 0.762. The maximum atomic E-state index is 10.9. The fourth-order valence-electron chi connectivity index (χ4n) is 2.05. The van der Waals surface area contributed by atoms with E-state index in [-0.39, 0.29) is 0 Å². The molecule has 0 aliphatic heterocycles. The molecule has 4 nitrogen and oxygen atoms in total. The van der Waals surface area contributed by atoms with Crippen molar-refractivity contribution < 1.29 is 14.6 Å². The summed E-state index contributed by atoms with van der Waals surface area (Å²) in [7, 11) is 0. The van der Waals surface area contributed by atoms with E-state index < -0.39 is 5.97 Å². The van der Waals surface area contributed by atoms with Gasteiger partial charge in [0, 0.05) is 12.2 Å². The molecule has 2 N–H and O–H groups in total. The Labute approximate surface area is 130 Å². The Morgan fingerprint density at radius 2 is 2.00 bits per heavy atom. The van der Waals surface area contributed by atoms with E-state index in [2.05, 4.69) is 11.9 Å². The second-order valence-electron chi connectivity index (χ2n) is 4.93. The van der Waals surface area contributed by atoms with Crippen molar-refractivity contribution in [2.45, 2.75) is 13.5 Å². The monoisotopic (exact) mass is 297 g/mol. The number of rotatable bonds is 7. The van der Waals surface area contributed by atoms with E-state index in [1.165, 1.54) is 0 Å². The minimum absolute atomic E-state index is 0.298. The molecule has 4 heteroatoms. The molecule has 0 fully saturated rings. The van der Waals surface area contributed by atoms with Crippen molar-refractivity contribution in [3.8, 4) is 5.75 Å². The number of aromatic carboxylic acids is 1. The van der Waals surface area contributed by atoms with Gasteiger partial charge in [-0.15, -0.1) is 0 Å². The van der Waals surface area contributed by atoms with Crippen LogP contribution in [-0.2, 0) is 6.54 Å². The van der Waals surface area contributed by atoms with Gasteiger partial charge in [0.25, 0.3) is 0 Å². The van der Waals surface area contributed by atoms with E-state index in [0.29, 0.717) is 18.7 Å². The molecule has 114 valence electrons. The van der Waals surface area contributed by atoms with Crippen LogP contribution in [0.15, 0.2) is 55.1 Å². The zero-order valence-electron chi connectivity index (χ0n) is 12.5. The van der Waals surface area contributed by atoms with Crippen molar-refractivity contribution >= 4 is 11.7 Å². The molecule has 0 heterocycles. The van der Waals surface area contributed by atoms with Crippen molar-refractivity contribution in [2.24, 2.45) is 0 Å². The lowest BCUT2D eigenvalue weighted by molar-refractivity contribution is 0.0697. The normalized spacial score (nSPS) is 10.0. The van der Waals surface area contributed by atoms with Gasteiger partial charge < -0.3 is 15.2 Å². The molecule has 0 spiro atoms. The molecule has 0 saturated heterocycles. The first-order valence-electron chi connectivity index (χ1n) is 7.00. The highest BCUT2D eigenvalue weighted by Gasteiger charge is 2.05. The summed E-state index contributed by atoms with van der Waals surface area (Å²) < 4.78 is 5.43. The average molecular weight is 297 g/mol. The minimum atomic E-state index is -0.912. The Hall–Kier alpha value is -2.75. The van der Waals surface area contributed by atoms with Crippen molar-refractivity contribution in [3.63, 3.8) is 0 Å². The largest absolute Gasteiger partial charge is 0.490 e. The van der Waals surface area contributed by atoms with Crippen molar-refractivity contribution in [3.05, 3.63) is 71.8 Å². The Morgan fingerprint density at radius 1 is 1.27 bits per heavy atom. The van der Waals surface area contributed by atoms with Gasteiger partial charge in [-0.2, -0.15) is 0 Å². The molecule has 0 aliphatic carbocycles. The van der Waals surface area contributed by atoms with Crippen LogP contribution in [0.4, 0.5) is 5.69 Å². The Morgan fingerprint density at radius 3 is 2.59 bits per heavy atom. The van der Waals surface area contributed by atoms with Gasteiger partial charge >= 0.3 is 5.97 Å². The maximum Gasteiger partial charge on any atom is 0.335 e. The lowest BCUT2D eigenvalue weighted by Gasteiger charge is -2.11. The third-order valence-electron chi connectivity index (χ3n) is 3.25. The Bertz CT molecular complexity index is 663. The van der Waals surface area contributed by atoms with Crippen molar-refractivity contribution in [2.75, 3.05) is 11.9 Å². The first kappa shape index (κ1) is 15.6. The third-order valence-corrected chi connectivity index (χ3v) is 3.25. The summed E-state index contributed by atoms with van der Waals surface area (Å²) in [4.78, 5) is 10.9. The van der Waals surface area contributed by atoms with Gasteiger partial charge in [-0.3, -0.25) is 0 Å². The smallest absolute Gasteiger partial charge is 0.335 e. The molecule has 0 amide bonds. The van der Waals surface area contributed by atoms with Crippen molar-refractivity contribution in [1.29, 1.82) is 0 Å². The molecule has 0 atom stereocenters. The second kappa shape index (κ2) is 7.31. The van der Waals surface area contributed by atoms with Gasteiger partial charge in [-0.25, -0.2) is 4.79 Å². The fraction of sp³-hybridized carbons (Fsp3) is 0.167. The summed E-state index contributed by atoms with van der Waals surface area (Å²) in [5, 5.41) is 12.3. The highest BCUT2D eigenvalue weighted by molar-refractivity contribution is 5.88. The van der Waals surface area contributed by atoms with Crippen LogP contribution in [0.3, 0.4) is 0 Å². The Kier molecular flexibility index (Phi) is 5.20. The second-order valence-corrected chi connectivity index (χ2v) is 4.93. The first-order valence-corrected chi connectivity index (χ1v) is 7.00. The molecule has 0 unspecified atom stereocenters. The summed E-state index contributed by atoms with van der Waals surface area (Å²) >= 11 is 0.